The lowest BCUT2D eigenvalue weighted by Crippen LogP contribution is -2.13. The summed E-state index contributed by atoms with van der Waals surface area (Å²) < 4.78 is 18.5. The first-order valence-electron chi connectivity index (χ1n) is 6.56. The first-order valence-corrected chi connectivity index (χ1v) is 6.94. The molecule has 0 aliphatic carbocycles. The summed E-state index contributed by atoms with van der Waals surface area (Å²) in [4.78, 5) is 12.1. The lowest BCUT2D eigenvalue weighted by atomic mass is 10.1. The first kappa shape index (κ1) is 16.5. The monoisotopic (exact) mass is 330 g/mol. The Morgan fingerprint density at radius 3 is 2.70 bits per heavy atom. The maximum Gasteiger partial charge on any atom is 0.266 e. The Morgan fingerprint density at radius 2 is 2.09 bits per heavy atom. The SMILES string of the molecule is COc1ccc(/C=C(\C#N)C(=O)Nc2ccccc2Cl)cc1F. The maximum atomic E-state index is 13.7. The van der Waals surface area contributed by atoms with Gasteiger partial charge in [0.1, 0.15) is 11.6 Å². The van der Waals surface area contributed by atoms with Gasteiger partial charge in [-0.25, -0.2) is 4.39 Å². The van der Waals surface area contributed by atoms with Crippen molar-refractivity contribution in [2.45, 2.75) is 0 Å². The molecule has 2 aromatic rings. The third kappa shape index (κ3) is 4.09. The molecule has 0 radical (unpaired) electrons. The molecular weight excluding hydrogens is 319 g/mol. The molecule has 1 N–H and O–H groups in total. The average molecular weight is 331 g/mol. The molecule has 0 aromatic heterocycles. The molecule has 116 valence electrons. The van der Waals surface area contributed by atoms with Gasteiger partial charge in [0, 0.05) is 0 Å². The van der Waals surface area contributed by atoms with Crippen LogP contribution in [0, 0.1) is 17.1 Å². The van der Waals surface area contributed by atoms with Crippen molar-refractivity contribution in [3.05, 3.63) is 64.4 Å². The molecule has 0 aliphatic rings. The number of nitrogens with one attached hydrogen (secondary N) is 1. The average Bonchev–Trinajstić information content (AvgIpc) is 2.54. The number of methoxy groups -OCH3 is 1. The van der Waals surface area contributed by atoms with Gasteiger partial charge < -0.3 is 10.1 Å². The van der Waals surface area contributed by atoms with Gasteiger partial charge in [-0.15, -0.1) is 0 Å². The van der Waals surface area contributed by atoms with E-state index in [1.54, 1.807) is 36.4 Å². The van der Waals surface area contributed by atoms with E-state index in [9.17, 15) is 9.18 Å². The van der Waals surface area contributed by atoms with Crippen molar-refractivity contribution in [3.8, 4) is 11.8 Å². The molecule has 0 unspecified atom stereocenters. The van der Waals surface area contributed by atoms with Crippen molar-refractivity contribution >= 4 is 29.3 Å². The minimum atomic E-state index is -0.628. The van der Waals surface area contributed by atoms with Gasteiger partial charge in [0.2, 0.25) is 0 Å². The Morgan fingerprint density at radius 1 is 1.35 bits per heavy atom. The van der Waals surface area contributed by atoms with Crippen LogP contribution in [0.25, 0.3) is 6.08 Å². The zero-order valence-corrected chi connectivity index (χ0v) is 12.9. The van der Waals surface area contributed by atoms with E-state index in [1.165, 1.54) is 25.3 Å². The standard InChI is InChI=1S/C17H12ClFN2O2/c1-23-16-7-6-11(9-14(16)19)8-12(10-20)17(22)21-15-5-3-2-4-13(15)18/h2-9H,1H3,(H,21,22)/b12-8+. The zero-order valence-electron chi connectivity index (χ0n) is 12.1. The number of ether oxygens (including phenoxy) is 1. The minimum absolute atomic E-state index is 0.0844. The zero-order chi connectivity index (χ0) is 16.8. The van der Waals surface area contributed by atoms with Crippen molar-refractivity contribution in [2.24, 2.45) is 0 Å². The van der Waals surface area contributed by atoms with Crippen molar-refractivity contribution in [2.75, 3.05) is 12.4 Å². The molecule has 0 heterocycles. The largest absolute Gasteiger partial charge is 0.494 e. The Labute approximate surface area is 137 Å². The van der Waals surface area contributed by atoms with E-state index < -0.39 is 11.7 Å². The summed E-state index contributed by atoms with van der Waals surface area (Å²) in [5.74, 6) is -1.12. The lowest BCUT2D eigenvalue weighted by Gasteiger charge is -2.06. The Bertz CT molecular complexity index is 812. The molecule has 0 spiro atoms. The van der Waals surface area contributed by atoms with Gasteiger partial charge in [0.05, 0.1) is 17.8 Å². The molecule has 0 atom stereocenters. The molecule has 2 rings (SSSR count). The van der Waals surface area contributed by atoms with Crippen LogP contribution < -0.4 is 10.1 Å². The molecule has 0 aliphatic heterocycles. The topological polar surface area (TPSA) is 62.1 Å². The number of amides is 1. The van der Waals surface area contributed by atoms with Crippen molar-refractivity contribution < 1.29 is 13.9 Å². The van der Waals surface area contributed by atoms with Crippen LogP contribution in [0.2, 0.25) is 5.02 Å². The molecule has 23 heavy (non-hydrogen) atoms. The van der Waals surface area contributed by atoms with E-state index in [4.69, 9.17) is 21.6 Å². The fourth-order valence-electron chi connectivity index (χ4n) is 1.84. The number of para-hydroxylation sites is 1. The minimum Gasteiger partial charge on any atom is -0.494 e. The van der Waals surface area contributed by atoms with Gasteiger partial charge in [-0.3, -0.25) is 4.79 Å². The first-order chi connectivity index (χ1) is 11.0. The van der Waals surface area contributed by atoms with Crippen molar-refractivity contribution in [1.29, 1.82) is 5.26 Å². The summed E-state index contributed by atoms with van der Waals surface area (Å²) >= 11 is 5.95. The number of carbonyl (C=O) groups excluding carboxylic acids is 1. The van der Waals surface area contributed by atoms with Crippen LogP contribution in [0.4, 0.5) is 10.1 Å². The van der Waals surface area contributed by atoms with Gasteiger partial charge in [-0.2, -0.15) is 5.26 Å². The highest BCUT2D eigenvalue weighted by molar-refractivity contribution is 6.34. The summed E-state index contributed by atoms with van der Waals surface area (Å²) in [5, 5.41) is 12.0. The number of anilines is 1. The maximum absolute atomic E-state index is 13.7. The van der Waals surface area contributed by atoms with Gasteiger partial charge in [0.25, 0.3) is 5.91 Å². The quantitative estimate of drug-likeness (QED) is 0.680. The number of hydrogen-bond donors (Lipinski definition) is 1. The van der Waals surface area contributed by atoms with Gasteiger partial charge in [-0.1, -0.05) is 29.8 Å². The van der Waals surface area contributed by atoms with Crippen LogP contribution in [0.3, 0.4) is 0 Å². The fraction of sp³-hybridized carbons (Fsp3) is 0.0588. The van der Waals surface area contributed by atoms with Crippen LogP contribution in [-0.4, -0.2) is 13.0 Å². The molecule has 1 amide bonds. The van der Waals surface area contributed by atoms with Crippen molar-refractivity contribution in [3.63, 3.8) is 0 Å². The molecule has 0 fully saturated rings. The number of halogens is 2. The summed E-state index contributed by atoms with van der Waals surface area (Å²) in [7, 11) is 1.35. The van der Waals surface area contributed by atoms with E-state index in [-0.39, 0.29) is 11.3 Å². The molecular formula is C17H12ClFN2O2. The lowest BCUT2D eigenvalue weighted by molar-refractivity contribution is -0.112. The van der Waals surface area contributed by atoms with E-state index >= 15 is 0 Å². The second-order valence-electron chi connectivity index (χ2n) is 4.50. The van der Waals surface area contributed by atoms with Crippen LogP contribution in [0.5, 0.6) is 5.75 Å². The number of nitrogens with zero attached hydrogens (tertiary/aromatic N) is 1. The number of carbonyl (C=O) groups is 1. The Kier molecular flexibility index (Phi) is 5.34. The number of hydrogen-bond acceptors (Lipinski definition) is 3. The molecule has 4 nitrogen and oxygen atoms in total. The smallest absolute Gasteiger partial charge is 0.266 e. The van der Waals surface area contributed by atoms with Gasteiger partial charge in [-0.05, 0) is 35.9 Å². The van der Waals surface area contributed by atoms with Crippen molar-refractivity contribution in [1.82, 2.24) is 0 Å². The highest BCUT2D eigenvalue weighted by Crippen LogP contribution is 2.22. The fourth-order valence-corrected chi connectivity index (χ4v) is 2.02. The third-order valence-corrected chi connectivity index (χ3v) is 3.30. The highest BCUT2D eigenvalue weighted by Gasteiger charge is 2.12. The number of nitriles is 1. The van der Waals surface area contributed by atoms with E-state index in [1.807, 2.05) is 0 Å². The van der Waals surface area contributed by atoms with Gasteiger partial charge >= 0.3 is 0 Å². The second kappa shape index (κ2) is 7.43. The Balaban J connectivity index is 2.25. The van der Waals surface area contributed by atoms with Crippen LogP contribution >= 0.6 is 11.6 Å². The predicted molar refractivity (Wildman–Crippen MR) is 86.6 cm³/mol. The number of benzene rings is 2. The van der Waals surface area contributed by atoms with Crippen LogP contribution in [0.1, 0.15) is 5.56 Å². The summed E-state index contributed by atoms with van der Waals surface area (Å²) in [6.07, 6.45) is 1.29. The van der Waals surface area contributed by atoms with Crippen LogP contribution in [-0.2, 0) is 4.79 Å². The van der Waals surface area contributed by atoms with Crippen LogP contribution in [0.15, 0.2) is 48.0 Å². The summed E-state index contributed by atoms with van der Waals surface area (Å²) in [6.45, 7) is 0. The molecule has 0 bridgehead atoms. The Hall–Kier alpha value is -2.84. The molecule has 0 saturated carbocycles. The van der Waals surface area contributed by atoms with E-state index in [0.717, 1.165) is 0 Å². The number of rotatable bonds is 4. The highest BCUT2D eigenvalue weighted by atomic mass is 35.5. The van der Waals surface area contributed by atoms with E-state index in [0.29, 0.717) is 16.3 Å². The molecule has 0 saturated heterocycles. The predicted octanol–water partition coefficient (Wildman–Crippen LogP) is 4.03. The normalized spacial score (nSPS) is 10.8. The summed E-state index contributed by atoms with van der Waals surface area (Å²) in [5.41, 5.74) is 0.588. The second-order valence-corrected chi connectivity index (χ2v) is 4.90. The van der Waals surface area contributed by atoms with E-state index in [2.05, 4.69) is 5.32 Å². The molecule has 6 heteroatoms. The summed E-state index contributed by atoms with van der Waals surface area (Å²) in [6, 6.07) is 12.6. The third-order valence-electron chi connectivity index (χ3n) is 2.97. The molecule has 2 aromatic carbocycles. The van der Waals surface area contributed by atoms with Gasteiger partial charge in [0.15, 0.2) is 11.6 Å².